The number of benzene rings is 2. The van der Waals surface area contributed by atoms with Crippen molar-refractivity contribution < 1.29 is 9.59 Å². The zero-order chi connectivity index (χ0) is 18.9. The third kappa shape index (κ3) is 6.57. The average Bonchev–Trinajstić information content (AvgIpc) is 2.61. The zero-order valence-electron chi connectivity index (χ0n) is 15.3. The van der Waals surface area contributed by atoms with Crippen LogP contribution in [0.1, 0.15) is 18.4 Å². The molecule has 6 heteroatoms. The number of nitrogens with zero attached hydrogens (tertiary/aromatic N) is 1. The molecule has 0 unspecified atom stereocenters. The van der Waals surface area contributed by atoms with Crippen molar-refractivity contribution in [2.24, 2.45) is 0 Å². The fourth-order valence-electron chi connectivity index (χ4n) is 2.42. The van der Waals surface area contributed by atoms with E-state index in [0.717, 1.165) is 5.56 Å². The molecule has 0 saturated heterocycles. The highest BCUT2D eigenvalue weighted by atomic mass is 16.2. The van der Waals surface area contributed by atoms with Crippen molar-refractivity contribution in [3.63, 3.8) is 0 Å². The van der Waals surface area contributed by atoms with Crippen molar-refractivity contribution in [2.45, 2.75) is 19.3 Å². The Hall–Kier alpha value is -2.86. The van der Waals surface area contributed by atoms with E-state index in [1.165, 1.54) is 0 Å². The lowest BCUT2D eigenvalue weighted by Gasteiger charge is -2.10. The van der Waals surface area contributed by atoms with Gasteiger partial charge in [0.25, 0.3) is 0 Å². The minimum atomic E-state index is -0.0731. The number of para-hydroxylation sites is 1. The largest absolute Gasteiger partial charge is 0.399 e. The molecule has 0 aliphatic rings. The molecule has 0 saturated carbocycles. The molecule has 0 aliphatic carbocycles. The Balaban J connectivity index is 1.80. The van der Waals surface area contributed by atoms with Gasteiger partial charge in [-0.1, -0.05) is 18.2 Å². The van der Waals surface area contributed by atoms with Crippen LogP contribution in [0.15, 0.2) is 48.5 Å². The Morgan fingerprint density at radius 1 is 0.885 bits per heavy atom. The van der Waals surface area contributed by atoms with Gasteiger partial charge in [0, 0.05) is 36.4 Å². The predicted molar refractivity (Wildman–Crippen MR) is 106 cm³/mol. The van der Waals surface area contributed by atoms with Crippen LogP contribution in [0.5, 0.6) is 0 Å². The molecule has 0 aliphatic heterocycles. The number of carbonyl (C=O) groups is 2. The monoisotopic (exact) mass is 354 g/mol. The maximum Gasteiger partial charge on any atom is 0.225 e. The van der Waals surface area contributed by atoms with Crippen molar-refractivity contribution in [3.8, 4) is 0 Å². The Kier molecular flexibility index (Phi) is 7.17. The molecular formula is C20H26N4O2. The summed E-state index contributed by atoms with van der Waals surface area (Å²) in [5.41, 5.74) is 8.97. The second-order valence-corrected chi connectivity index (χ2v) is 6.43. The maximum atomic E-state index is 12.1. The zero-order valence-corrected chi connectivity index (χ0v) is 15.3. The standard InChI is InChI=1S/C20H26N4O2/c1-24(2)14-13-20(26)23-17-10-8-16(9-11-17)22-19(25)12-7-15-5-3-4-6-18(15)21/h3-6,8-11H,7,12-14,21H2,1-2H3,(H,22,25)(H,23,26). The highest BCUT2D eigenvalue weighted by Gasteiger charge is 2.06. The van der Waals surface area contributed by atoms with Crippen LogP contribution >= 0.6 is 0 Å². The lowest BCUT2D eigenvalue weighted by molar-refractivity contribution is -0.117. The third-order valence-corrected chi connectivity index (χ3v) is 3.91. The molecule has 26 heavy (non-hydrogen) atoms. The summed E-state index contributed by atoms with van der Waals surface area (Å²) in [6.45, 7) is 0.700. The van der Waals surface area contributed by atoms with Gasteiger partial charge in [-0.2, -0.15) is 0 Å². The quantitative estimate of drug-likeness (QED) is 0.636. The van der Waals surface area contributed by atoms with Crippen molar-refractivity contribution in [2.75, 3.05) is 37.0 Å². The Morgan fingerprint density at radius 2 is 1.42 bits per heavy atom. The van der Waals surface area contributed by atoms with Gasteiger partial charge in [0.15, 0.2) is 0 Å². The van der Waals surface area contributed by atoms with E-state index < -0.39 is 0 Å². The number of rotatable bonds is 8. The number of anilines is 3. The minimum absolute atomic E-state index is 0.0315. The Bertz CT molecular complexity index is 742. The summed E-state index contributed by atoms with van der Waals surface area (Å²) in [5.74, 6) is -0.105. The SMILES string of the molecule is CN(C)CCC(=O)Nc1ccc(NC(=O)CCc2ccccc2N)cc1. The van der Waals surface area contributed by atoms with Gasteiger partial charge >= 0.3 is 0 Å². The molecule has 138 valence electrons. The molecule has 0 fully saturated rings. The summed E-state index contributed by atoms with van der Waals surface area (Å²) in [7, 11) is 3.85. The van der Waals surface area contributed by atoms with E-state index >= 15 is 0 Å². The van der Waals surface area contributed by atoms with Crippen LogP contribution in [0.3, 0.4) is 0 Å². The van der Waals surface area contributed by atoms with E-state index in [9.17, 15) is 9.59 Å². The first-order valence-electron chi connectivity index (χ1n) is 8.62. The number of aryl methyl sites for hydroxylation is 1. The molecule has 0 bridgehead atoms. The van der Waals surface area contributed by atoms with Crippen LogP contribution in [-0.2, 0) is 16.0 Å². The van der Waals surface area contributed by atoms with Gasteiger partial charge in [-0.05, 0) is 56.4 Å². The molecule has 0 atom stereocenters. The number of nitrogens with one attached hydrogen (secondary N) is 2. The fourth-order valence-corrected chi connectivity index (χ4v) is 2.42. The average molecular weight is 354 g/mol. The minimum Gasteiger partial charge on any atom is -0.399 e. The molecule has 2 aromatic rings. The van der Waals surface area contributed by atoms with Crippen LogP contribution in [-0.4, -0.2) is 37.4 Å². The third-order valence-electron chi connectivity index (χ3n) is 3.91. The summed E-state index contributed by atoms with van der Waals surface area (Å²) in [5, 5.41) is 5.69. The van der Waals surface area contributed by atoms with Gasteiger partial charge in [-0.15, -0.1) is 0 Å². The number of amides is 2. The lowest BCUT2D eigenvalue weighted by atomic mass is 10.1. The van der Waals surface area contributed by atoms with E-state index in [1.807, 2.05) is 43.3 Å². The molecule has 0 spiro atoms. The van der Waals surface area contributed by atoms with Crippen molar-refractivity contribution >= 4 is 28.9 Å². The molecule has 2 aromatic carbocycles. The number of nitrogen functional groups attached to an aromatic ring is 1. The lowest BCUT2D eigenvalue weighted by Crippen LogP contribution is -2.20. The predicted octanol–water partition coefficient (Wildman–Crippen LogP) is 2.73. The Morgan fingerprint density at radius 3 is 1.96 bits per heavy atom. The first-order chi connectivity index (χ1) is 12.4. The van der Waals surface area contributed by atoms with Gasteiger partial charge in [-0.3, -0.25) is 9.59 Å². The van der Waals surface area contributed by atoms with E-state index in [-0.39, 0.29) is 11.8 Å². The van der Waals surface area contributed by atoms with Crippen LogP contribution in [0.25, 0.3) is 0 Å². The van der Waals surface area contributed by atoms with Crippen LogP contribution in [0.4, 0.5) is 17.1 Å². The number of hydrogen-bond acceptors (Lipinski definition) is 4. The van der Waals surface area contributed by atoms with Gasteiger partial charge < -0.3 is 21.3 Å². The summed E-state index contributed by atoms with van der Waals surface area (Å²) < 4.78 is 0. The topological polar surface area (TPSA) is 87.5 Å². The first-order valence-corrected chi connectivity index (χ1v) is 8.62. The van der Waals surface area contributed by atoms with Crippen molar-refractivity contribution in [3.05, 3.63) is 54.1 Å². The summed E-state index contributed by atoms with van der Waals surface area (Å²) in [6, 6.07) is 14.6. The van der Waals surface area contributed by atoms with Crippen LogP contribution < -0.4 is 16.4 Å². The summed E-state index contributed by atoms with van der Waals surface area (Å²) >= 11 is 0. The first kappa shape index (κ1) is 19.5. The van der Waals surface area contributed by atoms with Gasteiger partial charge in [0.2, 0.25) is 11.8 Å². The van der Waals surface area contributed by atoms with Gasteiger partial charge in [0.1, 0.15) is 0 Å². The number of hydrogen-bond donors (Lipinski definition) is 3. The van der Waals surface area contributed by atoms with E-state index in [2.05, 4.69) is 10.6 Å². The van der Waals surface area contributed by atoms with E-state index in [4.69, 9.17) is 5.73 Å². The van der Waals surface area contributed by atoms with Gasteiger partial charge in [-0.25, -0.2) is 0 Å². The molecule has 2 amide bonds. The summed E-state index contributed by atoms with van der Waals surface area (Å²) in [6.07, 6.45) is 1.39. The molecule has 0 aromatic heterocycles. The van der Waals surface area contributed by atoms with Crippen molar-refractivity contribution in [1.29, 1.82) is 0 Å². The molecule has 0 heterocycles. The van der Waals surface area contributed by atoms with Gasteiger partial charge in [0.05, 0.1) is 0 Å². The van der Waals surface area contributed by atoms with E-state index in [0.29, 0.717) is 42.9 Å². The second-order valence-electron chi connectivity index (χ2n) is 6.43. The highest BCUT2D eigenvalue weighted by molar-refractivity contribution is 5.93. The smallest absolute Gasteiger partial charge is 0.225 e. The number of carbonyl (C=O) groups excluding carboxylic acids is 2. The van der Waals surface area contributed by atoms with Crippen molar-refractivity contribution in [1.82, 2.24) is 4.90 Å². The normalized spacial score (nSPS) is 10.6. The summed E-state index contributed by atoms with van der Waals surface area (Å²) in [4.78, 5) is 25.9. The van der Waals surface area contributed by atoms with Crippen LogP contribution in [0, 0.1) is 0 Å². The van der Waals surface area contributed by atoms with E-state index in [1.54, 1.807) is 24.3 Å². The fraction of sp³-hybridized carbons (Fsp3) is 0.300. The Labute approximate surface area is 154 Å². The maximum absolute atomic E-state index is 12.1. The van der Waals surface area contributed by atoms with Crippen LogP contribution in [0.2, 0.25) is 0 Å². The number of nitrogens with two attached hydrogens (primary N) is 1. The second kappa shape index (κ2) is 9.58. The molecule has 2 rings (SSSR count). The highest BCUT2D eigenvalue weighted by Crippen LogP contribution is 2.16. The molecule has 0 radical (unpaired) electrons. The molecule has 4 N–H and O–H groups in total. The molecule has 6 nitrogen and oxygen atoms in total. The molecular weight excluding hydrogens is 328 g/mol.